The lowest BCUT2D eigenvalue weighted by Gasteiger charge is -2.11. The summed E-state index contributed by atoms with van der Waals surface area (Å²) in [6, 6.07) is 8.94. The molecule has 0 saturated carbocycles. The smallest absolute Gasteiger partial charge is 0.397 e. The molecule has 0 heterocycles. The third-order valence-electron chi connectivity index (χ3n) is 8.72. The number of azo groups is 3. The van der Waals surface area contributed by atoms with Crippen molar-refractivity contribution in [2.24, 2.45) is 30.7 Å². The summed E-state index contributed by atoms with van der Waals surface area (Å²) in [5, 5.41) is 79.4. The van der Waals surface area contributed by atoms with Gasteiger partial charge in [0.1, 0.15) is 26.1 Å². The molecule has 5 aromatic rings. The lowest BCUT2D eigenvalue weighted by molar-refractivity contribution is -0.434. The Kier molecular flexibility index (Phi) is 18.7. The number of phenolic OH excluding ortho intramolecular Hbond substituents is 3. The first-order valence-electron chi connectivity index (χ1n) is 18.2. The molecular weight excluding hydrogens is 1160 g/mol. The summed E-state index contributed by atoms with van der Waals surface area (Å²) in [7, 11) is -30.1. The van der Waals surface area contributed by atoms with Crippen LogP contribution in [-0.2, 0) is 87.5 Å². The van der Waals surface area contributed by atoms with Gasteiger partial charge in [0.15, 0.2) is 66.3 Å². The maximum Gasteiger partial charge on any atom is 0.397 e. The van der Waals surface area contributed by atoms with E-state index < -0.39 is 161 Å². The van der Waals surface area contributed by atoms with Crippen LogP contribution in [0.15, 0.2) is 127 Å². The second-order valence-electron chi connectivity index (χ2n) is 13.3. The zero-order valence-electron chi connectivity index (χ0n) is 35.0. The predicted molar refractivity (Wildman–Crippen MR) is 241 cm³/mol. The normalized spacial score (nSPS) is 13.3. The number of aromatic hydroxyl groups is 3. The van der Waals surface area contributed by atoms with Gasteiger partial charge in [0.05, 0.1) is 52.2 Å². The summed E-state index contributed by atoms with van der Waals surface area (Å²) in [6.45, 7) is -1.80. The molecule has 9 N–H and O–H groups in total. The van der Waals surface area contributed by atoms with Crippen molar-refractivity contribution in [3.8, 4) is 17.2 Å². The van der Waals surface area contributed by atoms with Crippen molar-refractivity contribution >= 4 is 130 Å². The van der Waals surface area contributed by atoms with Crippen molar-refractivity contribution in [2.45, 2.75) is 29.4 Å². The first-order chi connectivity index (χ1) is 33.9. The molecule has 0 aliphatic heterocycles. The lowest BCUT2D eigenvalue weighted by Crippen LogP contribution is -2.16. The largest absolute Gasteiger partial charge is 0.504 e. The Morgan fingerprint density at radius 3 is 1.41 bits per heavy atom. The van der Waals surface area contributed by atoms with Gasteiger partial charge in [0, 0.05) is 10.3 Å². The molecule has 0 aliphatic carbocycles. The van der Waals surface area contributed by atoms with Crippen molar-refractivity contribution < 1.29 is 122 Å². The van der Waals surface area contributed by atoms with Crippen LogP contribution < -0.4 is 0 Å². The Balaban J connectivity index is 1.73. The standard InChI is InChI=1S/C32H28N6O27S8/c39-30-27(36-33-16-12-20-19(23(13-16)66-64-62-42)2-1-3-24(20)70(48,49)50)31(40)29(38-35-22-7-5-18(15-26(22)72(54,55)56)69(46,47)11-9-61-73(57,58)59)32(41)28(30)37-34-21-6-4-17(14-25(21)71(51,52)53)68(44,45)10-8-60-67-65-63-43/h1-7,12-15,39-43H,8-11H2,(H,48,49,50)(H,51,52,53)(H,54,55,56)(H,57,58,59)/b36-33+,37-34+,38-35+. The SMILES string of the molecule is O=S(=O)(O)OCCS(=O)(=O)c1ccc(/N=N/c2c(O)c(/N=N/c3cc(SOOO)c4cccc(S(=O)(=O)O)c4c3)c(O)c(/N=N/c3ccc(S(=O)(=O)CCOSOOO)cc3S(=O)(=O)O)c2O)c(S(=O)(=O)O)c1. The van der Waals surface area contributed by atoms with E-state index in [2.05, 4.69) is 57.8 Å². The van der Waals surface area contributed by atoms with Gasteiger partial charge in [-0.25, -0.2) is 31.5 Å². The van der Waals surface area contributed by atoms with Crippen molar-refractivity contribution in [1.29, 1.82) is 0 Å². The quantitative estimate of drug-likeness (QED) is 0.00888. The van der Waals surface area contributed by atoms with E-state index in [0.717, 1.165) is 24.3 Å². The third kappa shape index (κ3) is 15.1. The number of sulfone groups is 2. The van der Waals surface area contributed by atoms with Crippen molar-refractivity contribution in [3.63, 3.8) is 0 Å². The third-order valence-corrected chi connectivity index (χ3v) is 16.2. The number of phenols is 3. The molecule has 5 aromatic carbocycles. The second-order valence-corrected chi connectivity index (χ2v) is 24.0. The Hall–Kier alpha value is -5.52. The summed E-state index contributed by atoms with van der Waals surface area (Å²) < 4.78 is 203. The minimum absolute atomic E-state index is 0.0168. The van der Waals surface area contributed by atoms with Crippen LogP contribution in [0.5, 0.6) is 17.2 Å². The summed E-state index contributed by atoms with van der Waals surface area (Å²) in [5.74, 6) is -6.40. The van der Waals surface area contributed by atoms with E-state index >= 15 is 0 Å². The number of rotatable bonds is 24. The van der Waals surface area contributed by atoms with Gasteiger partial charge < -0.3 is 15.3 Å². The van der Waals surface area contributed by atoms with Gasteiger partial charge in [-0.3, -0.25) is 22.4 Å². The lowest BCUT2D eigenvalue weighted by atomic mass is 10.1. The first kappa shape index (κ1) is 58.4. The van der Waals surface area contributed by atoms with Crippen molar-refractivity contribution in [3.05, 3.63) is 66.7 Å². The van der Waals surface area contributed by atoms with E-state index in [-0.39, 0.29) is 40.0 Å². The zero-order chi connectivity index (χ0) is 54.3. The van der Waals surface area contributed by atoms with Gasteiger partial charge in [-0.1, -0.05) is 22.2 Å². The number of nitrogens with zero attached hydrogens (tertiary/aromatic N) is 6. The van der Waals surface area contributed by atoms with Crippen LogP contribution in [-0.4, -0.2) is 119 Å². The van der Waals surface area contributed by atoms with E-state index in [9.17, 15) is 79.5 Å². The molecule has 0 fully saturated rings. The molecule has 0 unspecified atom stereocenters. The van der Waals surface area contributed by atoms with Gasteiger partial charge in [-0.05, 0) is 60.0 Å². The van der Waals surface area contributed by atoms with Crippen LogP contribution in [0.1, 0.15) is 0 Å². The molecule has 396 valence electrons. The van der Waals surface area contributed by atoms with Gasteiger partial charge >= 0.3 is 10.4 Å². The van der Waals surface area contributed by atoms with Gasteiger partial charge in [0.2, 0.25) is 0 Å². The highest BCUT2D eigenvalue weighted by molar-refractivity contribution is 7.95. The predicted octanol–water partition coefficient (Wildman–Crippen LogP) is 5.74. The second kappa shape index (κ2) is 23.4. The minimum Gasteiger partial charge on any atom is -0.504 e. The molecule has 0 radical (unpaired) electrons. The Morgan fingerprint density at radius 1 is 0.493 bits per heavy atom. The molecule has 0 amide bonds. The molecule has 0 atom stereocenters. The number of hydrogen-bond donors (Lipinski definition) is 9. The van der Waals surface area contributed by atoms with E-state index in [1.54, 1.807) is 0 Å². The molecule has 0 aromatic heterocycles. The Morgan fingerprint density at radius 2 is 0.959 bits per heavy atom. The fourth-order valence-electron chi connectivity index (χ4n) is 5.63. The first-order valence-corrected chi connectivity index (χ1v) is 28.6. The fourth-order valence-corrected chi connectivity index (χ4v) is 11.3. The van der Waals surface area contributed by atoms with E-state index in [4.69, 9.17) is 15.1 Å². The van der Waals surface area contributed by atoms with Gasteiger partial charge in [0.25, 0.3) is 30.4 Å². The molecule has 0 saturated heterocycles. The Labute approximate surface area is 417 Å². The van der Waals surface area contributed by atoms with E-state index in [0.29, 0.717) is 30.3 Å². The summed E-state index contributed by atoms with van der Waals surface area (Å²) >= 11 is 0.280. The van der Waals surface area contributed by atoms with Crippen LogP contribution in [0.25, 0.3) is 10.8 Å². The van der Waals surface area contributed by atoms with Crippen molar-refractivity contribution in [1.82, 2.24) is 0 Å². The van der Waals surface area contributed by atoms with E-state index in [1.165, 1.54) is 12.1 Å². The molecule has 0 aliphatic rings. The zero-order valence-corrected chi connectivity index (χ0v) is 41.5. The minimum atomic E-state index is -5.50. The molecule has 0 bridgehead atoms. The van der Waals surface area contributed by atoms with Gasteiger partial charge in [-0.15, -0.1) is 34.2 Å². The number of hydrogen-bond acceptors (Lipinski definition) is 31. The van der Waals surface area contributed by atoms with E-state index in [1.807, 2.05) is 0 Å². The number of fused-ring (bicyclic) bond motifs is 1. The Bertz CT molecular complexity index is 3750. The van der Waals surface area contributed by atoms with Crippen LogP contribution in [0.4, 0.5) is 34.1 Å². The summed E-state index contributed by atoms with van der Waals surface area (Å²) in [6.07, 6.45) is 0. The maximum absolute atomic E-state index is 12.9. The highest BCUT2D eigenvalue weighted by Gasteiger charge is 2.28. The highest BCUT2D eigenvalue weighted by atomic mass is 32.3. The highest BCUT2D eigenvalue weighted by Crippen LogP contribution is 2.57. The average molecular weight is 1190 g/mol. The van der Waals surface area contributed by atoms with Crippen molar-refractivity contribution in [2.75, 3.05) is 24.7 Å². The fraction of sp³-hybridized carbons (Fsp3) is 0.125. The van der Waals surface area contributed by atoms with Gasteiger partial charge in [-0.2, -0.15) is 38.8 Å². The van der Waals surface area contributed by atoms with Crippen LogP contribution >= 0.6 is 24.4 Å². The van der Waals surface area contributed by atoms with Crippen LogP contribution in [0.2, 0.25) is 0 Å². The average Bonchev–Trinajstić information content (AvgIpc) is 3.28. The molecule has 73 heavy (non-hydrogen) atoms. The molecule has 41 heteroatoms. The molecule has 0 spiro atoms. The monoisotopic (exact) mass is 1180 g/mol. The summed E-state index contributed by atoms with van der Waals surface area (Å²) in [5.41, 5.74) is -6.03. The molecular formula is C32H28N6O27S8. The summed E-state index contributed by atoms with van der Waals surface area (Å²) in [4.78, 5) is -5.08. The molecule has 33 nitrogen and oxygen atoms in total. The van der Waals surface area contributed by atoms with Crippen LogP contribution in [0, 0.1) is 0 Å². The van der Waals surface area contributed by atoms with Crippen LogP contribution in [0.3, 0.4) is 0 Å². The number of benzene rings is 5. The molecule has 5 rings (SSSR count). The topological polar surface area (TPSA) is 516 Å². The maximum atomic E-state index is 12.9.